The van der Waals surface area contributed by atoms with Crippen molar-refractivity contribution in [3.05, 3.63) is 76.1 Å². The smallest absolute Gasteiger partial charge is 0.0966 e. The summed E-state index contributed by atoms with van der Waals surface area (Å²) in [4.78, 5) is 4.41. The number of aliphatic hydroxyl groups excluding tert-OH is 1. The van der Waals surface area contributed by atoms with Crippen molar-refractivity contribution in [3.8, 4) is 0 Å². The van der Waals surface area contributed by atoms with Gasteiger partial charge in [0.1, 0.15) is 0 Å². The Hall–Kier alpha value is -3.05. The molecule has 2 aliphatic heterocycles. The van der Waals surface area contributed by atoms with Crippen LogP contribution in [-0.4, -0.2) is 16.6 Å². The fraction of sp³-hybridized carbons (Fsp3) is 0.346. The highest BCUT2D eigenvalue weighted by molar-refractivity contribution is 5.75. The van der Waals surface area contributed by atoms with Crippen molar-refractivity contribution in [2.45, 2.75) is 51.2 Å². The molecule has 2 aromatic carbocycles. The molecule has 1 aromatic heterocycles. The van der Waals surface area contributed by atoms with Gasteiger partial charge in [0.25, 0.3) is 0 Å². The molecular weight excluding hydrogens is 384 g/mol. The van der Waals surface area contributed by atoms with Crippen molar-refractivity contribution in [1.29, 1.82) is 0 Å². The van der Waals surface area contributed by atoms with Crippen molar-refractivity contribution in [3.63, 3.8) is 0 Å². The van der Waals surface area contributed by atoms with Crippen LogP contribution < -0.4 is 16.0 Å². The first-order valence-electron chi connectivity index (χ1n) is 11.3. The summed E-state index contributed by atoms with van der Waals surface area (Å²) in [5, 5.41) is 21.4. The standard InChI is InChI=1S/C26H28N4O/c1-14-4-3-5-17-18-8-10-27-23-15(2)12-16(13-20(23)25(18)30-24(14)17)29-21-9-11-28-26-19(21)6-7-22(26)31/h3-5,9,11-13,18,22,25,27,30-31H,6-8,10H2,1-2H3,(H,28,29). The van der Waals surface area contributed by atoms with E-state index in [1.807, 2.05) is 6.07 Å². The number of rotatable bonds is 2. The molecule has 0 saturated heterocycles. The molecule has 3 aliphatic rings. The maximum atomic E-state index is 10.2. The quantitative estimate of drug-likeness (QED) is 0.448. The van der Waals surface area contributed by atoms with Crippen LogP contribution in [0.1, 0.15) is 64.4 Å². The van der Waals surface area contributed by atoms with E-state index in [2.05, 4.69) is 65.1 Å². The topological polar surface area (TPSA) is 69.2 Å². The maximum absolute atomic E-state index is 10.2. The molecule has 0 amide bonds. The first kappa shape index (κ1) is 18.7. The minimum atomic E-state index is -0.445. The van der Waals surface area contributed by atoms with Crippen LogP contribution in [-0.2, 0) is 6.42 Å². The average molecular weight is 413 g/mol. The summed E-state index contributed by atoms with van der Waals surface area (Å²) >= 11 is 0. The number of aromatic nitrogens is 1. The second-order valence-electron chi connectivity index (χ2n) is 9.14. The first-order valence-corrected chi connectivity index (χ1v) is 11.3. The number of anilines is 4. The summed E-state index contributed by atoms with van der Waals surface area (Å²) in [6, 6.07) is 13.5. The van der Waals surface area contributed by atoms with Crippen LogP contribution in [0.2, 0.25) is 0 Å². The van der Waals surface area contributed by atoms with Crippen molar-refractivity contribution in [2.24, 2.45) is 0 Å². The molecule has 3 heterocycles. The average Bonchev–Trinajstić information content (AvgIpc) is 3.26. The number of hydrogen-bond acceptors (Lipinski definition) is 5. The molecule has 6 rings (SSSR count). The molecule has 0 bridgehead atoms. The van der Waals surface area contributed by atoms with Gasteiger partial charge >= 0.3 is 0 Å². The Morgan fingerprint density at radius 3 is 2.84 bits per heavy atom. The highest BCUT2D eigenvalue weighted by atomic mass is 16.3. The molecule has 3 aromatic rings. The van der Waals surface area contributed by atoms with Gasteiger partial charge in [-0.05, 0) is 73.6 Å². The number of pyridine rings is 1. The van der Waals surface area contributed by atoms with Gasteiger partial charge in [-0.1, -0.05) is 18.2 Å². The van der Waals surface area contributed by atoms with Gasteiger partial charge in [0, 0.05) is 47.0 Å². The van der Waals surface area contributed by atoms with Crippen LogP contribution in [0.3, 0.4) is 0 Å². The van der Waals surface area contributed by atoms with Crippen LogP contribution in [0.5, 0.6) is 0 Å². The second kappa shape index (κ2) is 6.99. The van der Waals surface area contributed by atoms with E-state index < -0.39 is 6.10 Å². The van der Waals surface area contributed by atoms with E-state index in [9.17, 15) is 5.11 Å². The molecule has 3 atom stereocenters. The molecule has 0 saturated carbocycles. The predicted octanol–water partition coefficient (Wildman–Crippen LogP) is 5.49. The fourth-order valence-electron chi connectivity index (χ4n) is 5.72. The SMILES string of the molecule is Cc1cccc2c1NC1c3cc(Nc4ccnc5c4CCC5O)cc(C)c3NCCC21. The molecule has 158 valence electrons. The number of hydrogen-bond donors (Lipinski definition) is 4. The van der Waals surface area contributed by atoms with Gasteiger partial charge < -0.3 is 21.1 Å². The van der Waals surface area contributed by atoms with Crippen LogP contribution >= 0.6 is 0 Å². The van der Waals surface area contributed by atoms with Crippen LogP contribution in [0.4, 0.5) is 22.7 Å². The summed E-state index contributed by atoms with van der Waals surface area (Å²) in [5.74, 6) is 0.471. The molecule has 31 heavy (non-hydrogen) atoms. The number of nitrogens with zero attached hydrogens (tertiary/aromatic N) is 1. The summed E-state index contributed by atoms with van der Waals surface area (Å²) < 4.78 is 0. The molecule has 5 heteroatoms. The van der Waals surface area contributed by atoms with Crippen molar-refractivity contribution in [1.82, 2.24) is 4.98 Å². The van der Waals surface area contributed by atoms with Crippen molar-refractivity contribution >= 4 is 22.7 Å². The molecule has 3 unspecified atom stereocenters. The number of nitrogens with one attached hydrogen (secondary N) is 3. The third-order valence-electron chi connectivity index (χ3n) is 7.22. The summed E-state index contributed by atoms with van der Waals surface area (Å²) in [7, 11) is 0. The zero-order valence-electron chi connectivity index (χ0n) is 18.0. The lowest BCUT2D eigenvalue weighted by molar-refractivity contribution is 0.176. The third kappa shape index (κ3) is 2.91. The Morgan fingerprint density at radius 1 is 1.03 bits per heavy atom. The molecule has 0 radical (unpaired) electrons. The number of benzene rings is 2. The minimum Gasteiger partial charge on any atom is -0.387 e. The second-order valence-corrected chi connectivity index (χ2v) is 9.14. The largest absolute Gasteiger partial charge is 0.387 e. The van der Waals surface area contributed by atoms with Gasteiger partial charge in [0.05, 0.1) is 17.8 Å². The lowest BCUT2D eigenvalue weighted by atomic mass is 9.87. The Kier molecular flexibility index (Phi) is 4.22. The van der Waals surface area contributed by atoms with Crippen LogP contribution in [0.15, 0.2) is 42.6 Å². The highest BCUT2D eigenvalue weighted by Crippen LogP contribution is 2.51. The van der Waals surface area contributed by atoms with Crippen molar-refractivity contribution < 1.29 is 5.11 Å². The lowest BCUT2D eigenvalue weighted by Crippen LogP contribution is -2.11. The Bertz CT molecular complexity index is 1190. The molecule has 5 nitrogen and oxygen atoms in total. The summed E-state index contributed by atoms with van der Waals surface area (Å²) in [5.41, 5.74) is 12.0. The van der Waals surface area contributed by atoms with E-state index in [1.165, 1.54) is 33.6 Å². The number of aryl methyl sites for hydroxylation is 2. The first-order chi connectivity index (χ1) is 15.1. The van der Waals surface area contributed by atoms with E-state index in [4.69, 9.17) is 0 Å². The van der Waals surface area contributed by atoms with Crippen LogP contribution in [0.25, 0.3) is 0 Å². The molecule has 0 fully saturated rings. The highest BCUT2D eigenvalue weighted by Gasteiger charge is 2.37. The van der Waals surface area contributed by atoms with E-state index in [1.54, 1.807) is 6.20 Å². The minimum absolute atomic E-state index is 0.270. The van der Waals surface area contributed by atoms with Gasteiger partial charge in [-0.25, -0.2) is 0 Å². The molecular formula is C26H28N4O. The van der Waals surface area contributed by atoms with E-state index in [-0.39, 0.29) is 6.04 Å². The Labute approximate surface area is 182 Å². The summed E-state index contributed by atoms with van der Waals surface area (Å²) in [6.07, 6.45) is 4.07. The van der Waals surface area contributed by atoms with Crippen LogP contribution in [0, 0.1) is 13.8 Å². The molecule has 1 aliphatic carbocycles. The molecule has 0 spiro atoms. The van der Waals surface area contributed by atoms with E-state index in [0.29, 0.717) is 5.92 Å². The van der Waals surface area contributed by atoms with Gasteiger partial charge in [0.2, 0.25) is 0 Å². The summed E-state index contributed by atoms with van der Waals surface area (Å²) in [6.45, 7) is 5.36. The Balaban J connectivity index is 1.41. The number of aliphatic hydroxyl groups is 1. The zero-order valence-corrected chi connectivity index (χ0v) is 18.0. The zero-order chi connectivity index (χ0) is 21.1. The van der Waals surface area contributed by atoms with Crippen molar-refractivity contribution in [2.75, 3.05) is 22.5 Å². The normalized spacial score (nSPS) is 23.0. The van der Waals surface area contributed by atoms with Gasteiger partial charge in [-0.2, -0.15) is 0 Å². The van der Waals surface area contributed by atoms with Gasteiger partial charge in [0.15, 0.2) is 0 Å². The van der Waals surface area contributed by atoms with E-state index in [0.717, 1.165) is 48.4 Å². The number of fused-ring (bicyclic) bond motifs is 6. The maximum Gasteiger partial charge on any atom is 0.0966 e. The third-order valence-corrected chi connectivity index (χ3v) is 7.22. The monoisotopic (exact) mass is 412 g/mol. The number of para-hydroxylation sites is 1. The predicted molar refractivity (Wildman–Crippen MR) is 125 cm³/mol. The van der Waals surface area contributed by atoms with E-state index >= 15 is 0 Å². The lowest BCUT2D eigenvalue weighted by Gasteiger charge is -2.22. The Morgan fingerprint density at radius 2 is 1.94 bits per heavy atom. The van der Waals surface area contributed by atoms with Gasteiger partial charge in [-0.3, -0.25) is 4.98 Å². The molecule has 4 N–H and O–H groups in total. The van der Waals surface area contributed by atoms with Gasteiger partial charge in [-0.15, -0.1) is 0 Å². The fourth-order valence-corrected chi connectivity index (χ4v) is 5.72.